The van der Waals surface area contributed by atoms with Gasteiger partial charge in [0.2, 0.25) is 11.8 Å². The number of hydrogen-bond acceptors (Lipinski definition) is 6. The molecule has 6 rings (SSSR count). The Bertz CT molecular complexity index is 1580. The number of nitrogens with one attached hydrogen (secondary N) is 1. The van der Waals surface area contributed by atoms with E-state index in [1.54, 1.807) is 11.0 Å². The Kier molecular flexibility index (Phi) is 7.15. The van der Waals surface area contributed by atoms with Gasteiger partial charge in [0.1, 0.15) is 6.04 Å². The summed E-state index contributed by atoms with van der Waals surface area (Å²) in [7, 11) is 0. The van der Waals surface area contributed by atoms with Crippen LogP contribution in [0.25, 0.3) is 11.1 Å². The van der Waals surface area contributed by atoms with E-state index in [0.717, 1.165) is 22.6 Å². The van der Waals surface area contributed by atoms with Gasteiger partial charge >= 0.3 is 0 Å². The summed E-state index contributed by atoms with van der Waals surface area (Å²) in [5, 5.41) is 2.88. The first kappa shape index (κ1) is 26.9. The second-order valence-corrected chi connectivity index (χ2v) is 10.9. The quantitative estimate of drug-likeness (QED) is 0.471. The third kappa shape index (κ3) is 5.26. The zero-order valence-corrected chi connectivity index (χ0v) is 22.9. The normalized spacial score (nSPS) is 19.4. The summed E-state index contributed by atoms with van der Waals surface area (Å²) in [5.41, 5.74) is 3.97. The van der Waals surface area contributed by atoms with Crippen LogP contribution in [0, 0.1) is 0 Å². The van der Waals surface area contributed by atoms with Gasteiger partial charge in [0, 0.05) is 49.7 Å². The zero-order chi connectivity index (χ0) is 28.7. The molecular formula is C31H27ClN4O5. The van der Waals surface area contributed by atoms with Gasteiger partial charge in [0.05, 0.1) is 11.1 Å². The summed E-state index contributed by atoms with van der Waals surface area (Å²) < 4.78 is 0. The van der Waals surface area contributed by atoms with Crippen LogP contribution >= 0.6 is 11.6 Å². The second kappa shape index (κ2) is 10.9. The van der Waals surface area contributed by atoms with Gasteiger partial charge in [-0.05, 0) is 59.5 Å². The smallest absolute Gasteiger partial charge is 0.262 e. The summed E-state index contributed by atoms with van der Waals surface area (Å²) in [6.45, 7) is 3.21. The number of halogens is 1. The van der Waals surface area contributed by atoms with Gasteiger partial charge in [-0.25, -0.2) is 0 Å². The monoisotopic (exact) mass is 570 g/mol. The van der Waals surface area contributed by atoms with Gasteiger partial charge in [0.15, 0.2) is 0 Å². The molecule has 1 atom stereocenters. The molecule has 3 aliphatic rings. The Morgan fingerprint density at radius 3 is 2.29 bits per heavy atom. The van der Waals surface area contributed by atoms with Crippen LogP contribution < -0.4 is 5.32 Å². The Hall–Kier alpha value is -4.34. The summed E-state index contributed by atoms with van der Waals surface area (Å²) >= 11 is 6.03. The van der Waals surface area contributed by atoms with E-state index in [4.69, 9.17) is 11.6 Å². The maximum absolute atomic E-state index is 13.3. The lowest BCUT2D eigenvalue weighted by atomic mass is 10.0. The van der Waals surface area contributed by atoms with Gasteiger partial charge < -0.3 is 4.90 Å². The van der Waals surface area contributed by atoms with Crippen molar-refractivity contribution >= 4 is 41.1 Å². The van der Waals surface area contributed by atoms with Crippen LogP contribution in [0.3, 0.4) is 0 Å². The number of amides is 5. The number of hydrogen-bond donors (Lipinski definition) is 1. The maximum Gasteiger partial charge on any atom is 0.262 e. The van der Waals surface area contributed by atoms with Crippen molar-refractivity contribution in [2.75, 3.05) is 26.2 Å². The number of imide groups is 2. The topological polar surface area (TPSA) is 107 Å². The molecular weight excluding hydrogens is 544 g/mol. The number of piperazine rings is 1. The Balaban J connectivity index is 1.09. The maximum atomic E-state index is 13.3. The largest absolute Gasteiger partial charge is 0.336 e. The van der Waals surface area contributed by atoms with Crippen molar-refractivity contribution in [2.45, 2.75) is 25.4 Å². The van der Waals surface area contributed by atoms with Crippen LogP contribution in [0.15, 0.2) is 66.7 Å². The number of nitrogens with zero attached hydrogens (tertiary/aromatic N) is 3. The fraction of sp³-hybridized carbons (Fsp3) is 0.258. The highest BCUT2D eigenvalue weighted by molar-refractivity contribution is 6.30. The summed E-state index contributed by atoms with van der Waals surface area (Å²) in [4.78, 5) is 68.2. The van der Waals surface area contributed by atoms with Crippen LogP contribution in [-0.2, 0) is 16.1 Å². The summed E-state index contributed by atoms with van der Waals surface area (Å²) in [5.74, 6) is -2.52. The standard InChI is InChI=1S/C31H27ClN4O5/c32-23-7-4-20(5-8-23)21-3-1-2-19(16-21)18-34-12-14-35(15-13-34)29(39)22-6-9-24-25(17-22)31(41)36(30(24)40)26-10-11-27(37)33-28(26)38/h1-9,16-17,26H,10-15,18H2,(H,33,37,38). The first-order valence-electron chi connectivity index (χ1n) is 13.5. The number of rotatable bonds is 5. The van der Waals surface area contributed by atoms with Crippen molar-refractivity contribution in [3.05, 3.63) is 94.0 Å². The number of piperidine rings is 1. The lowest BCUT2D eigenvalue weighted by Gasteiger charge is -2.35. The fourth-order valence-electron chi connectivity index (χ4n) is 5.65. The minimum Gasteiger partial charge on any atom is -0.336 e. The summed E-state index contributed by atoms with van der Waals surface area (Å²) in [6.07, 6.45) is 0.130. The predicted molar refractivity (Wildman–Crippen MR) is 151 cm³/mol. The van der Waals surface area contributed by atoms with Crippen LogP contribution in [0.4, 0.5) is 0 Å². The van der Waals surface area contributed by atoms with E-state index < -0.39 is 29.7 Å². The zero-order valence-electron chi connectivity index (χ0n) is 22.1. The lowest BCUT2D eigenvalue weighted by molar-refractivity contribution is -0.136. The first-order valence-corrected chi connectivity index (χ1v) is 13.9. The summed E-state index contributed by atoms with van der Waals surface area (Å²) in [6, 6.07) is 19.6. The number of benzene rings is 3. The molecule has 2 fully saturated rings. The number of carbonyl (C=O) groups excluding carboxylic acids is 5. The third-order valence-corrected chi connectivity index (χ3v) is 8.11. The van der Waals surface area contributed by atoms with Crippen molar-refractivity contribution in [3.63, 3.8) is 0 Å². The Morgan fingerprint density at radius 2 is 1.56 bits per heavy atom. The molecule has 9 nitrogen and oxygen atoms in total. The van der Waals surface area contributed by atoms with E-state index in [1.165, 1.54) is 17.7 Å². The van der Waals surface area contributed by atoms with Gasteiger partial charge in [-0.2, -0.15) is 0 Å². The van der Waals surface area contributed by atoms with Crippen molar-refractivity contribution < 1.29 is 24.0 Å². The minimum atomic E-state index is -1.04. The van der Waals surface area contributed by atoms with Crippen molar-refractivity contribution in [2.24, 2.45) is 0 Å². The second-order valence-electron chi connectivity index (χ2n) is 10.5. The molecule has 0 spiro atoms. The lowest BCUT2D eigenvalue weighted by Crippen LogP contribution is -2.54. The number of carbonyl (C=O) groups is 5. The molecule has 5 amide bonds. The van der Waals surface area contributed by atoms with E-state index in [2.05, 4.69) is 28.4 Å². The van der Waals surface area contributed by atoms with Crippen molar-refractivity contribution in [1.82, 2.24) is 20.0 Å². The van der Waals surface area contributed by atoms with Crippen LogP contribution in [0.5, 0.6) is 0 Å². The van der Waals surface area contributed by atoms with Gasteiger partial charge in [-0.1, -0.05) is 41.9 Å². The van der Waals surface area contributed by atoms with E-state index in [-0.39, 0.29) is 29.9 Å². The highest BCUT2D eigenvalue weighted by Crippen LogP contribution is 2.29. The molecule has 1 unspecified atom stereocenters. The first-order chi connectivity index (χ1) is 19.8. The van der Waals surface area contributed by atoms with Gasteiger partial charge in [-0.15, -0.1) is 0 Å². The van der Waals surface area contributed by atoms with Crippen LogP contribution in [0.2, 0.25) is 5.02 Å². The Labute approximate surface area is 241 Å². The molecule has 0 saturated carbocycles. The van der Waals surface area contributed by atoms with E-state index in [0.29, 0.717) is 36.8 Å². The molecule has 3 aliphatic heterocycles. The molecule has 2 saturated heterocycles. The highest BCUT2D eigenvalue weighted by atomic mass is 35.5. The van der Waals surface area contributed by atoms with Crippen LogP contribution in [0.1, 0.15) is 49.5 Å². The molecule has 3 aromatic rings. The van der Waals surface area contributed by atoms with Crippen molar-refractivity contribution in [3.8, 4) is 11.1 Å². The molecule has 3 heterocycles. The van der Waals surface area contributed by atoms with Crippen molar-refractivity contribution in [1.29, 1.82) is 0 Å². The highest BCUT2D eigenvalue weighted by Gasteiger charge is 2.44. The molecule has 0 aromatic heterocycles. The van der Waals surface area contributed by atoms with E-state index >= 15 is 0 Å². The average Bonchev–Trinajstić information content (AvgIpc) is 3.22. The van der Waals surface area contributed by atoms with Gasteiger partial charge in [0.25, 0.3) is 17.7 Å². The fourth-order valence-corrected chi connectivity index (χ4v) is 5.77. The number of fused-ring (bicyclic) bond motifs is 1. The average molecular weight is 571 g/mol. The third-order valence-electron chi connectivity index (χ3n) is 7.86. The molecule has 0 bridgehead atoms. The SMILES string of the molecule is O=C1CCC(N2C(=O)c3ccc(C(=O)N4CCN(Cc5cccc(-c6ccc(Cl)cc6)c5)CC4)cc3C2=O)C(=O)N1. The van der Waals surface area contributed by atoms with Gasteiger partial charge in [-0.3, -0.25) is 39.1 Å². The molecule has 1 N–H and O–H groups in total. The predicted octanol–water partition coefficient (Wildman–Crippen LogP) is 3.37. The minimum absolute atomic E-state index is 0.0489. The molecule has 0 radical (unpaired) electrons. The Morgan fingerprint density at radius 1 is 0.829 bits per heavy atom. The molecule has 0 aliphatic carbocycles. The van der Waals surface area contributed by atoms with E-state index in [9.17, 15) is 24.0 Å². The molecule has 10 heteroatoms. The molecule has 208 valence electrons. The van der Waals surface area contributed by atoms with Crippen LogP contribution in [-0.4, -0.2) is 76.5 Å². The molecule has 3 aromatic carbocycles. The molecule has 41 heavy (non-hydrogen) atoms. The van der Waals surface area contributed by atoms with E-state index in [1.807, 2.05) is 30.3 Å².